The Morgan fingerprint density at radius 3 is 2.75 bits per heavy atom. The third kappa shape index (κ3) is 4.25. The minimum atomic E-state index is 0.231. The lowest BCUT2D eigenvalue weighted by Crippen LogP contribution is -2.25. The van der Waals surface area contributed by atoms with Crippen LogP contribution in [0.3, 0.4) is 0 Å². The van der Waals surface area contributed by atoms with Crippen LogP contribution in [0.15, 0.2) is 18.2 Å². The summed E-state index contributed by atoms with van der Waals surface area (Å²) in [6.07, 6.45) is 2.59. The lowest BCUT2D eigenvalue weighted by atomic mass is 10.3. The standard InChI is InChI=1S/C14H21N3O2S/c1-18-13-10-11(16-14(15)20)4-5-12(13)19-9-8-17-6-2-3-7-17/h4-5,10H,2-3,6-9H2,1H3,(H3,15,16,20). The van der Waals surface area contributed by atoms with Crippen molar-refractivity contribution in [3.05, 3.63) is 18.2 Å². The highest BCUT2D eigenvalue weighted by atomic mass is 32.1. The van der Waals surface area contributed by atoms with Crippen molar-refractivity contribution >= 4 is 23.0 Å². The zero-order valence-electron chi connectivity index (χ0n) is 11.7. The molecule has 0 spiro atoms. The van der Waals surface area contributed by atoms with Gasteiger partial charge in [-0.1, -0.05) is 0 Å². The Balaban J connectivity index is 1.90. The molecule has 0 atom stereocenters. The Kier molecular flexibility index (Phi) is 5.43. The Bertz CT molecular complexity index is 462. The van der Waals surface area contributed by atoms with Crippen LogP contribution >= 0.6 is 12.2 Å². The molecule has 0 saturated carbocycles. The highest BCUT2D eigenvalue weighted by Gasteiger charge is 2.12. The lowest BCUT2D eigenvalue weighted by molar-refractivity contribution is 0.230. The lowest BCUT2D eigenvalue weighted by Gasteiger charge is -2.16. The molecule has 3 N–H and O–H groups in total. The van der Waals surface area contributed by atoms with Gasteiger partial charge in [-0.3, -0.25) is 4.90 Å². The first kappa shape index (κ1) is 14.9. The Labute approximate surface area is 125 Å². The summed E-state index contributed by atoms with van der Waals surface area (Å²) in [5.41, 5.74) is 6.24. The van der Waals surface area contributed by atoms with Crippen molar-refractivity contribution in [3.8, 4) is 11.5 Å². The van der Waals surface area contributed by atoms with Crippen molar-refractivity contribution in [2.24, 2.45) is 5.73 Å². The number of nitrogens with zero attached hydrogens (tertiary/aromatic N) is 1. The number of rotatable bonds is 6. The van der Waals surface area contributed by atoms with Crippen molar-refractivity contribution < 1.29 is 9.47 Å². The highest BCUT2D eigenvalue weighted by molar-refractivity contribution is 7.80. The van der Waals surface area contributed by atoms with Crippen molar-refractivity contribution in [1.29, 1.82) is 0 Å². The van der Waals surface area contributed by atoms with Gasteiger partial charge in [-0.2, -0.15) is 0 Å². The van der Waals surface area contributed by atoms with Gasteiger partial charge in [0.2, 0.25) is 0 Å². The Morgan fingerprint density at radius 1 is 1.35 bits per heavy atom. The zero-order chi connectivity index (χ0) is 14.4. The number of hydrogen-bond acceptors (Lipinski definition) is 4. The average Bonchev–Trinajstić information content (AvgIpc) is 2.92. The molecule has 110 valence electrons. The normalized spacial score (nSPS) is 15.1. The number of benzene rings is 1. The summed E-state index contributed by atoms with van der Waals surface area (Å²) < 4.78 is 11.1. The van der Waals surface area contributed by atoms with Gasteiger partial charge in [0, 0.05) is 18.3 Å². The highest BCUT2D eigenvalue weighted by Crippen LogP contribution is 2.30. The van der Waals surface area contributed by atoms with Crippen molar-refractivity contribution in [2.75, 3.05) is 38.7 Å². The second kappa shape index (κ2) is 7.31. The number of nitrogens with one attached hydrogen (secondary N) is 1. The molecule has 1 fully saturated rings. The Morgan fingerprint density at radius 2 is 2.10 bits per heavy atom. The van der Waals surface area contributed by atoms with E-state index in [1.807, 2.05) is 18.2 Å². The molecule has 0 radical (unpaired) electrons. The molecule has 20 heavy (non-hydrogen) atoms. The fourth-order valence-corrected chi connectivity index (χ4v) is 2.42. The summed E-state index contributed by atoms with van der Waals surface area (Å²) in [6.45, 7) is 3.98. The number of hydrogen-bond donors (Lipinski definition) is 2. The van der Waals surface area contributed by atoms with Gasteiger partial charge in [-0.15, -0.1) is 0 Å². The molecule has 0 aromatic heterocycles. The molecule has 1 aromatic carbocycles. The van der Waals surface area contributed by atoms with E-state index in [1.165, 1.54) is 25.9 Å². The monoisotopic (exact) mass is 295 g/mol. The third-order valence-corrected chi connectivity index (χ3v) is 3.40. The van der Waals surface area contributed by atoms with E-state index in [9.17, 15) is 0 Å². The van der Waals surface area contributed by atoms with Gasteiger partial charge < -0.3 is 20.5 Å². The minimum Gasteiger partial charge on any atom is -0.493 e. The van der Waals surface area contributed by atoms with Crippen LogP contribution in [-0.4, -0.2) is 43.4 Å². The van der Waals surface area contributed by atoms with Crippen molar-refractivity contribution in [1.82, 2.24) is 4.90 Å². The molecule has 0 aliphatic carbocycles. The topological polar surface area (TPSA) is 59.8 Å². The van der Waals surface area contributed by atoms with Crippen LogP contribution in [0.25, 0.3) is 0 Å². The molecular weight excluding hydrogens is 274 g/mol. The second-order valence-electron chi connectivity index (χ2n) is 4.75. The fourth-order valence-electron chi connectivity index (χ4n) is 2.30. The minimum absolute atomic E-state index is 0.231. The maximum Gasteiger partial charge on any atom is 0.168 e. The van der Waals surface area contributed by atoms with Gasteiger partial charge in [0.05, 0.1) is 7.11 Å². The molecule has 1 aromatic rings. The molecule has 1 aliphatic heterocycles. The van der Waals surface area contributed by atoms with E-state index in [1.54, 1.807) is 7.11 Å². The van der Waals surface area contributed by atoms with E-state index in [4.69, 9.17) is 27.4 Å². The van der Waals surface area contributed by atoms with Crippen LogP contribution in [0.5, 0.6) is 11.5 Å². The molecule has 5 nitrogen and oxygen atoms in total. The van der Waals surface area contributed by atoms with E-state index >= 15 is 0 Å². The van der Waals surface area contributed by atoms with Gasteiger partial charge in [-0.25, -0.2) is 0 Å². The van der Waals surface area contributed by atoms with Crippen molar-refractivity contribution in [3.63, 3.8) is 0 Å². The van der Waals surface area contributed by atoms with Crippen LogP contribution in [0.1, 0.15) is 12.8 Å². The van der Waals surface area contributed by atoms with Gasteiger partial charge >= 0.3 is 0 Å². The summed E-state index contributed by atoms with van der Waals surface area (Å²) in [5.74, 6) is 1.41. The van der Waals surface area contributed by atoms with Crippen LogP contribution in [0, 0.1) is 0 Å². The predicted molar refractivity (Wildman–Crippen MR) is 84.6 cm³/mol. The number of anilines is 1. The predicted octanol–water partition coefficient (Wildman–Crippen LogP) is 1.83. The van der Waals surface area contributed by atoms with Gasteiger partial charge in [0.25, 0.3) is 0 Å². The first-order valence-electron chi connectivity index (χ1n) is 6.78. The summed E-state index contributed by atoms with van der Waals surface area (Å²) in [4.78, 5) is 2.41. The van der Waals surface area contributed by atoms with E-state index in [0.29, 0.717) is 12.4 Å². The van der Waals surface area contributed by atoms with Gasteiger partial charge in [-0.05, 0) is 50.3 Å². The van der Waals surface area contributed by atoms with E-state index < -0.39 is 0 Å². The maximum atomic E-state index is 5.79. The van der Waals surface area contributed by atoms with E-state index in [2.05, 4.69) is 10.2 Å². The molecule has 0 unspecified atom stereocenters. The quantitative estimate of drug-likeness (QED) is 0.781. The van der Waals surface area contributed by atoms with Crippen LogP contribution in [0.2, 0.25) is 0 Å². The maximum absolute atomic E-state index is 5.79. The molecule has 1 aliphatic rings. The molecule has 2 rings (SSSR count). The first-order chi connectivity index (χ1) is 9.69. The zero-order valence-corrected chi connectivity index (χ0v) is 12.5. The van der Waals surface area contributed by atoms with Crippen LogP contribution in [-0.2, 0) is 0 Å². The summed E-state index contributed by atoms with van der Waals surface area (Å²) in [5, 5.41) is 3.10. The first-order valence-corrected chi connectivity index (χ1v) is 7.19. The fraction of sp³-hybridized carbons (Fsp3) is 0.500. The number of methoxy groups -OCH3 is 1. The molecule has 6 heteroatoms. The van der Waals surface area contributed by atoms with E-state index in [-0.39, 0.29) is 5.11 Å². The molecule has 1 saturated heterocycles. The SMILES string of the molecule is COc1cc(NC(N)=S)ccc1OCCN1CCCC1. The summed E-state index contributed by atoms with van der Waals surface area (Å²) in [6, 6.07) is 5.56. The second-order valence-corrected chi connectivity index (χ2v) is 5.19. The van der Waals surface area contributed by atoms with Crippen LogP contribution < -0.4 is 20.5 Å². The third-order valence-electron chi connectivity index (χ3n) is 3.29. The molecular formula is C14H21N3O2S. The van der Waals surface area contributed by atoms with Gasteiger partial charge in [0.1, 0.15) is 6.61 Å². The van der Waals surface area contributed by atoms with Crippen LogP contribution in [0.4, 0.5) is 5.69 Å². The van der Waals surface area contributed by atoms with Gasteiger partial charge in [0.15, 0.2) is 16.6 Å². The average molecular weight is 295 g/mol. The Hall–Kier alpha value is -1.53. The molecule has 1 heterocycles. The molecule has 0 amide bonds. The number of ether oxygens (including phenoxy) is 2. The number of likely N-dealkylation sites (tertiary alicyclic amines) is 1. The van der Waals surface area contributed by atoms with Crippen molar-refractivity contribution in [2.45, 2.75) is 12.8 Å². The number of nitrogens with two attached hydrogens (primary N) is 1. The smallest absolute Gasteiger partial charge is 0.168 e. The summed E-state index contributed by atoms with van der Waals surface area (Å²) >= 11 is 4.81. The molecule has 0 bridgehead atoms. The number of thiocarbonyl (C=S) groups is 1. The summed E-state index contributed by atoms with van der Waals surface area (Å²) in [7, 11) is 1.62. The largest absolute Gasteiger partial charge is 0.493 e. The van der Waals surface area contributed by atoms with E-state index in [0.717, 1.165) is 18.0 Å².